The molecule has 2 rings (SSSR count). The standard InChI is InChI=1S/C17H22ClNO2/c1-12-5-3-4-6-16(12)19(2)14-9-7-13(15(18)11-14)8-10-17(20)21/h7-12,16H,3-6H2,1-2H3,(H,20,21)/b10-8+. The molecule has 0 heterocycles. The molecular weight excluding hydrogens is 286 g/mol. The van der Waals surface area contributed by atoms with Crippen LogP contribution < -0.4 is 4.90 Å². The van der Waals surface area contributed by atoms with Gasteiger partial charge in [-0.1, -0.05) is 37.4 Å². The summed E-state index contributed by atoms with van der Waals surface area (Å²) in [6, 6.07) is 6.36. The van der Waals surface area contributed by atoms with Crippen LogP contribution in [0.4, 0.5) is 5.69 Å². The second-order valence-electron chi connectivity index (χ2n) is 5.82. The topological polar surface area (TPSA) is 40.5 Å². The van der Waals surface area contributed by atoms with Gasteiger partial charge in [-0.2, -0.15) is 0 Å². The Bertz CT molecular complexity index is 542. The Labute approximate surface area is 131 Å². The van der Waals surface area contributed by atoms with E-state index in [0.29, 0.717) is 17.0 Å². The zero-order valence-electron chi connectivity index (χ0n) is 12.6. The zero-order chi connectivity index (χ0) is 15.4. The van der Waals surface area contributed by atoms with Crippen LogP contribution in [0.25, 0.3) is 6.08 Å². The van der Waals surface area contributed by atoms with E-state index in [9.17, 15) is 4.79 Å². The molecule has 0 spiro atoms. The van der Waals surface area contributed by atoms with Crippen molar-refractivity contribution in [3.05, 3.63) is 34.9 Å². The molecule has 0 aliphatic heterocycles. The maximum absolute atomic E-state index is 10.6. The van der Waals surface area contributed by atoms with Gasteiger partial charge in [0.05, 0.1) is 0 Å². The van der Waals surface area contributed by atoms with Crippen LogP contribution in [0, 0.1) is 5.92 Å². The molecule has 0 saturated heterocycles. The summed E-state index contributed by atoms with van der Waals surface area (Å²) in [6.07, 6.45) is 7.74. The van der Waals surface area contributed by atoms with Crippen molar-refractivity contribution in [1.29, 1.82) is 0 Å². The molecule has 1 aliphatic rings. The molecule has 2 atom stereocenters. The number of carbonyl (C=O) groups is 1. The largest absolute Gasteiger partial charge is 0.478 e. The van der Waals surface area contributed by atoms with Crippen LogP contribution in [0.1, 0.15) is 38.2 Å². The lowest BCUT2D eigenvalue weighted by atomic mass is 9.85. The van der Waals surface area contributed by atoms with Gasteiger partial charge in [0, 0.05) is 29.9 Å². The first-order valence-corrected chi connectivity index (χ1v) is 7.80. The number of carboxylic acid groups (broad SMARTS) is 1. The van der Waals surface area contributed by atoms with Crippen LogP contribution in [-0.2, 0) is 4.79 Å². The van der Waals surface area contributed by atoms with Crippen molar-refractivity contribution in [2.75, 3.05) is 11.9 Å². The molecule has 1 aromatic rings. The molecule has 21 heavy (non-hydrogen) atoms. The molecular formula is C17H22ClNO2. The number of hydrogen-bond donors (Lipinski definition) is 1. The van der Waals surface area contributed by atoms with E-state index in [-0.39, 0.29) is 0 Å². The van der Waals surface area contributed by atoms with Gasteiger partial charge in [0.15, 0.2) is 0 Å². The number of benzene rings is 1. The lowest BCUT2D eigenvalue weighted by Crippen LogP contribution is -2.38. The van der Waals surface area contributed by atoms with Gasteiger partial charge in [0.25, 0.3) is 0 Å². The second-order valence-corrected chi connectivity index (χ2v) is 6.22. The maximum atomic E-state index is 10.6. The molecule has 1 fully saturated rings. The Balaban J connectivity index is 2.17. The number of hydrogen-bond acceptors (Lipinski definition) is 2. The predicted molar refractivity (Wildman–Crippen MR) is 87.9 cm³/mol. The maximum Gasteiger partial charge on any atom is 0.328 e. The van der Waals surface area contributed by atoms with E-state index >= 15 is 0 Å². The van der Waals surface area contributed by atoms with Gasteiger partial charge in [0.2, 0.25) is 0 Å². The molecule has 0 amide bonds. The molecule has 114 valence electrons. The number of rotatable bonds is 4. The highest BCUT2D eigenvalue weighted by atomic mass is 35.5. The Morgan fingerprint density at radius 1 is 1.38 bits per heavy atom. The molecule has 0 radical (unpaired) electrons. The first-order valence-electron chi connectivity index (χ1n) is 7.42. The first kappa shape index (κ1) is 15.9. The van der Waals surface area contributed by atoms with Crippen LogP contribution in [0.3, 0.4) is 0 Å². The summed E-state index contributed by atoms with van der Waals surface area (Å²) in [6.45, 7) is 2.31. The van der Waals surface area contributed by atoms with Gasteiger partial charge < -0.3 is 10.0 Å². The number of nitrogens with zero attached hydrogens (tertiary/aromatic N) is 1. The van der Waals surface area contributed by atoms with Crippen molar-refractivity contribution in [3.63, 3.8) is 0 Å². The summed E-state index contributed by atoms with van der Waals surface area (Å²) in [7, 11) is 2.12. The second kappa shape index (κ2) is 6.99. The van der Waals surface area contributed by atoms with Crippen molar-refractivity contribution >= 4 is 29.3 Å². The fourth-order valence-corrected chi connectivity index (χ4v) is 3.33. The summed E-state index contributed by atoms with van der Waals surface area (Å²) in [5, 5.41) is 9.25. The monoisotopic (exact) mass is 307 g/mol. The Morgan fingerprint density at radius 3 is 2.71 bits per heavy atom. The first-order chi connectivity index (χ1) is 9.99. The number of halogens is 1. The molecule has 3 nitrogen and oxygen atoms in total. The van der Waals surface area contributed by atoms with E-state index in [1.807, 2.05) is 18.2 Å². The average Bonchev–Trinajstić information content (AvgIpc) is 2.45. The van der Waals surface area contributed by atoms with Crippen molar-refractivity contribution in [3.8, 4) is 0 Å². The zero-order valence-corrected chi connectivity index (χ0v) is 13.3. The van der Waals surface area contributed by atoms with Gasteiger partial charge in [-0.3, -0.25) is 0 Å². The van der Waals surface area contributed by atoms with Crippen LogP contribution in [-0.4, -0.2) is 24.2 Å². The van der Waals surface area contributed by atoms with Gasteiger partial charge >= 0.3 is 5.97 Å². The molecule has 0 bridgehead atoms. The van der Waals surface area contributed by atoms with Gasteiger partial charge in [0.1, 0.15) is 0 Å². The van der Waals surface area contributed by atoms with Gasteiger partial charge in [-0.05, 0) is 42.5 Å². The Hall–Kier alpha value is -1.48. The van der Waals surface area contributed by atoms with E-state index in [1.165, 1.54) is 31.8 Å². The minimum absolute atomic E-state index is 0.551. The van der Waals surface area contributed by atoms with Crippen molar-refractivity contribution in [2.45, 2.75) is 38.6 Å². The fraction of sp³-hybridized carbons (Fsp3) is 0.471. The van der Waals surface area contributed by atoms with E-state index in [1.54, 1.807) is 0 Å². The van der Waals surface area contributed by atoms with Crippen LogP contribution in [0.15, 0.2) is 24.3 Å². The normalized spacial score (nSPS) is 22.4. The number of carboxylic acids is 1. The van der Waals surface area contributed by atoms with E-state index in [4.69, 9.17) is 16.7 Å². The van der Waals surface area contributed by atoms with Crippen molar-refractivity contribution < 1.29 is 9.90 Å². The lowest BCUT2D eigenvalue weighted by Gasteiger charge is -2.37. The molecule has 1 aromatic carbocycles. The third-order valence-electron chi connectivity index (χ3n) is 4.36. The van der Waals surface area contributed by atoms with Crippen molar-refractivity contribution in [1.82, 2.24) is 0 Å². The molecule has 1 aliphatic carbocycles. The van der Waals surface area contributed by atoms with Gasteiger partial charge in [-0.25, -0.2) is 4.79 Å². The fourth-order valence-electron chi connectivity index (χ4n) is 3.10. The van der Waals surface area contributed by atoms with E-state index in [2.05, 4.69) is 18.9 Å². The summed E-state index contributed by atoms with van der Waals surface area (Å²) in [5.74, 6) is -0.280. The molecule has 0 aromatic heterocycles. The Kier molecular flexibility index (Phi) is 5.29. The van der Waals surface area contributed by atoms with E-state index < -0.39 is 5.97 Å². The highest BCUT2D eigenvalue weighted by Crippen LogP contribution is 2.32. The van der Waals surface area contributed by atoms with Crippen molar-refractivity contribution in [2.24, 2.45) is 5.92 Å². The third kappa shape index (κ3) is 4.01. The highest BCUT2D eigenvalue weighted by molar-refractivity contribution is 6.32. The Morgan fingerprint density at radius 2 is 2.10 bits per heavy atom. The summed E-state index contributed by atoms with van der Waals surface area (Å²) < 4.78 is 0. The van der Waals surface area contributed by atoms with Crippen LogP contribution in [0.5, 0.6) is 0 Å². The minimum Gasteiger partial charge on any atom is -0.478 e. The summed E-state index contributed by atoms with van der Waals surface area (Å²) in [4.78, 5) is 12.9. The molecule has 4 heteroatoms. The van der Waals surface area contributed by atoms with Crippen LogP contribution in [0.2, 0.25) is 5.02 Å². The number of anilines is 1. The SMILES string of the molecule is CC1CCCCC1N(C)c1ccc(/C=C/C(=O)O)c(Cl)c1. The quantitative estimate of drug-likeness (QED) is 0.835. The average molecular weight is 308 g/mol. The lowest BCUT2D eigenvalue weighted by molar-refractivity contribution is -0.131. The predicted octanol–water partition coefficient (Wildman–Crippen LogP) is 4.45. The third-order valence-corrected chi connectivity index (χ3v) is 4.69. The van der Waals surface area contributed by atoms with E-state index in [0.717, 1.165) is 17.3 Å². The molecule has 1 saturated carbocycles. The highest BCUT2D eigenvalue weighted by Gasteiger charge is 2.25. The smallest absolute Gasteiger partial charge is 0.328 e. The molecule has 1 N–H and O–H groups in total. The molecule has 2 unspecified atom stereocenters. The minimum atomic E-state index is -0.969. The van der Waals surface area contributed by atoms with Gasteiger partial charge in [-0.15, -0.1) is 0 Å². The summed E-state index contributed by atoms with van der Waals surface area (Å²) in [5.41, 5.74) is 1.82. The number of aliphatic carboxylic acids is 1. The van der Waals surface area contributed by atoms with Crippen LogP contribution >= 0.6 is 11.6 Å². The summed E-state index contributed by atoms with van der Waals surface area (Å²) >= 11 is 6.26.